The average molecular weight is 427 g/mol. The minimum absolute atomic E-state index is 0.0363. The van der Waals surface area contributed by atoms with Crippen LogP contribution < -0.4 is 5.32 Å². The first-order valence-electron chi connectivity index (χ1n) is 9.82. The lowest BCUT2D eigenvalue weighted by Gasteiger charge is -2.38. The molecule has 4 heterocycles. The van der Waals surface area contributed by atoms with Crippen LogP contribution in [0.3, 0.4) is 0 Å². The summed E-state index contributed by atoms with van der Waals surface area (Å²) in [5.74, 6) is -0.0363. The van der Waals surface area contributed by atoms with Crippen molar-refractivity contribution >= 4 is 33.6 Å². The van der Waals surface area contributed by atoms with E-state index in [1.165, 1.54) is 32.9 Å². The van der Waals surface area contributed by atoms with Gasteiger partial charge in [-0.3, -0.25) is 14.7 Å². The number of likely N-dealkylation sites (N-methyl/N-ethyl adjacent to an activating group) is 1. The first kappa shape index (κ1) is 20.2. The molecular formula is C22H26N4OS2. The standard InChI is InChI=1S/C22H26N4OS2/c1-15-16(2)29-22(24-21(27)18-7-5-13-28-18)19(15)20(17-6-4-8-23-14-17)26-11-9-25(3)10-12-26/h4-8,13-14,20H,9-12H2,1-3H3,(H,24,27). The average Bonchev–Trinajstić information content (AvgIpc) is 3.35. The number of nitrogens with zero attached hydrogens (tertiary/aromatic N) is 3. The highest BCUT2D eigenvalue weighted by Crippen LogP contribution is 2.42. The van der Waals surface area contributed by atoms with E-state index in [0.29, 0.717) is 0 Å². The lowest BCUT2D eigenvalue weighted by Crippen LogP contribution is -2.46. The molecule has 1 aliphatic rings. The predicted molar refractivity (Wildman–Crippen MR) is 121 cm³/mol. The molecule has 5 nitrogen and oxygen atoms in total. The molecule has 0 aliphatic carbocycles. The van der Waals surface area contributed by atoms with Crippen molar-refractivity contribution in [2.75, 3.05) is 38.5 Å². The number of aryl methyl sites for hydroxylation is 1. The maximum absolute atomic E-state index is 12.8. The van der Waals surface area contributed by atoms with Gasteiger partial charge in [0, 0.05) is 49.0 Å². The molecule has 4 rings (SSSR count). The fourth-order valence-corrected chi connectivity index (χ4v) is 5.52. The van der Waals surface area contributed by atoms with E-state index in [-0.39, 0.29) is 11.9 Å². The van der Waals surface area contributed by atoms with E-state index < -0.39 is 0 Å². The molecule has 0 spiro atoms. The Labute approximate surface area is 180 Å². The third kappa shape index (κ3) is 4.28. The fraction of sp³-hybridized carbons (Fsp3) is 0.364. The molecule has 3 aromatic rings. The van der Waals surface area contributed by atoms with Gasteiger partial charge >= 0.3 is 0 Å². The van der Waals surface area contributed by atoms with E-state index in [9.17, 15) is 4.79 Å². The molecule has 1 unspecified atom stereocenters. The summed E-state index contributed by atoms with van der Waals surface area (Å²) in [6, 6.07) is 8.01. The van der Waals surface area contributed by atoms with Gasteiger partial charge < -0.3 is 10.2 Å². The molecule has 0 radical (unpaired) electrons. The summed E-state index contributed by atoms with van der Waals surface area (Å²) in [5, 5.41) is 6.09. The minimum atomic E-state index is -0.0363. The topological polar surface area (TPSA) is 48.5 Å². The van der Waals surface area contributed by atoms with Gasteiger partial charge in [-0.2, -0.15) is 0 Å². The van der Waals surface area contributed by atoms with Crippen molar-refractivity contribution < 1.29 is 4.79 Å². The number of aromatic nitrogens is 1. The summed E-state index contributed by atoms with van der Waals surface area (Å²) in [6.07, 6.45) is 3.77. The molecule has 7 heteroatoms. The summed E-state index contributed by atoms with van der Waals surface area (Å²) < 4.78 is 0. The number of hydrogen-bond acceptors (Lipinski definition) is 6. The van der Waals surface area contributed by atoms with Crippen LogP contribution in [-0.2, 0) is 0 Å². The molecule has 29 heavy (non-hydrogen) atoms. The summed E-state index contributed by atoms with van der Waals surface area (Å²) in [5.41, 5.74) is 3.63. The van der Waals surface area contributed by atoms with E-state index in [1.54, 1.807) is 11.3 Å². The Hall–Kier alpha value is -2.06. The van der Waals surface area contributed by atoms with Crippen LogP contribution >= 0.6 is 22.7 Å². The molecule has 0 saturated carbocycles. The third-order valence-corrected chi connectivity index (χ3v) is 7.59. The van der Waals surface area contributed by atoms with Gasteiger partial charge in [-0.25, -0.2) is 0 Å². The van der Waals surface area contributed by atoms with Crippen LogP contribution in [0.4, 0.5) is 5.00 Å². The van der Waals surface area contributed by atoms with Gasteiger partial charge in [0.15, 0.2) is 0 Å². The number of carbonyl (C=O) groups excluding carboxylic acids is 1. The molecule has 0 bridgehead atoms. The zero-order valence-corrected chi connectivity index (χ0v) is 18.6. The van der Waals surface area contributed by atoms with E-state index >= 15 is 0 Å². The normalized spacial score (nSPS) is 16.7. The SMILES string of the molecule is Cc1sc(NC(=O)c2cccs2)c(C(c2cccnc2)N2CCN(C)CC2)c1C. The second kappa shape index (κ2) is 8.75. The third-order valence-electron chi connectivity index (χ3n) is 5.58. The van der Waals surface area contributed by atoms with Gasteiger partial charge in [-0.15, -0.1) is 22.7 Å². The molecule has 1 atom stereocenters. The molecule has 152 valence electrons. The number of nitrogens with one attached hydrogen (secondary N) is 1. The van der Waals surface area contributed by atoms with Gasteiger partial charge in [-0.05, 0) is 49.5 Å². The van der Waals surface area contributed by atoms with Gasteiger partial charge in [-0.1, -0.05) is 12.1 Å². The Balaban J connectivity index is 1.75. The monoisotopic (exact) mass is 426 g/mol. The zero-order valence-electron chi connectivity index (χ0n) is 17.0. The van der Waals surface area contributed by atoms with Crippen LogP contribution in [0.2, 0.25) is 0 Å². The van der Waals surface area contributed by atoms with Crippen LogP contribution in [0.1, 0.15) is 37.3 Å². The Kier molecular flexibility index (Phi) is 6.10. The van der Waals surface area contributed by atoms with Crippen molar-refractivity contribution in [3.05, 3.63) is 68.5 Å². The smallest absolute Gasteiger partial charge is 0.266 e. The van der Waals surface area contributed by atoms with Crippen LogP contribution in [-0.4, -0.2) is 53.9 Å². The van der Waals surface area contributed by atoms with Crippen molar-refractivity contribution in [1.82, 2.24) is 14.8 Å². The van der Waals surface area contributed by atoms with Gasteiger partial charge in [0.2, 0.25) is 0 Å². The Bertz CT molecular complexity index is 960. The number of pyridine rings is 1. The Morgan fingerprint density at radius 1 is 1.17 bits per heavy atom. The van der Waals surface area contributed by atoms with Crippen molar-refractivity contribution in [3.8, 4) is 0 Å². The van der Waals surface area contributed by atoms with E-state index in [2.05, 4.69) is 47.1 Å². The fourth-order valence-electron chi connectivity index (χ4n) is 3.82. The number of thiophene rings is 2. The van der Waals surface area contributed by atoms with E-state index in [1.807, 2.05) is 36.0 Å². The van der Waals surface area contributed by atoms with Crippen molar-refractivity contribution in [3.63, 3.8) is 0 Å². The van der Waals surface area contributed by atoms with E-state index in [4.69, 9.17) is 0 Å². The maximum Gasteiger partial charge on any atom is 0.266 e. The van der Waals surface area contributed by atoms with Crippen LogP contribution in [0.15, 0.2) is 42.0 Å². The lowest BCUT2D eigenvalue weighted by atomic mass is 9.95. The van der Waals surface area contributed by atoms with Crippen LogP contribution in [0.5, 0.6) is 0 Å². The summed E-state index contributed by atoms with van der Waals surface area (Å²) in [4.78, 5) is 24.0. The second-order valence-corrected chi connectivity index (χ2v) is 9.66. The summed E-state index contributed by atoms with van der Waals surface area (Å²) in [6.45, 7) is 8.35. The van der Waals surface area contributed by atoms with Gasteiger partial charge in [0.1, 0.15) is 5.00 Å². The highest BCUT2D eigenvalue weighted by molar-refractivity contribution is 7.17. The highest BCUT2D eigenvalue weighted by Gasteiger charge is 2.31. The minimum Gasteiger partial charge on any atom is -0.313 e. The molecular weight excluding hydrogens is 400 g/mol. The number of hydrogen-bond donors (Lipinski definition) is 1. The highest BCUT2D eigenvalue weighted by atomic mass is 32.1. The quantitative estimate of drug-likeness (QED) is 0.657. The van der Waals surface area contributed by atoms with Crippen LogP contribution in [0.25, 0.3) is 0 Å². The molecule has 1 amide bonds. The van der Waals surface area contributed by atoms with Crippen molar-refractivity contribution in [2.45, 2.75) is 19.9 Å². The molecule has 0 aromatic carbocycles. The molecule has 1 saturated heterocycles. The number of piperazine rings is 1. The van der Waals surface area contributed by atoms with Crippen LogP contribution in [0, 0.1) is 13.8 Å². The number of amides is 1. The first-order valence-corrected chi connectivity index (χ1v) is 11.5. The zero-order chi connectivity index (χ0) is 20.4. The summed E-state index contributed by atoms with van der Waals surface area (Å²) >= 11 is 3.14. The lowest BCUT2D eigenvalue weighted by molar-refractivity contribution is 0.103. The number of rotatable bonds is 5. The molecule has 1 N–H and O–H groups in total. The number of carbonyl (C=O) groups is 1. The first-order chi connectivity index (χ1) is 14.0. The van der Waals surface area contributed by atoms with Gasteiger partial charge in [0.05, 0.1) is 10.9 Å². The van der Waals surface area contributed by atoms with E-state index in [0.717, 1.165) is 36.1 Å². The van der Waals surface area contributed by atoms with Gasteiger partial charge in [0.25, 0.3) is 5.91 Å². The second-order valence-electron chi connectivity index (χ2n) is 7.49. The summed E-state index contributed by atoms with van der Waals surface area (Å²) in [7, 11) is 2.17. The Morgan fingerprint density at radius 3 is 2.62 bits per heavy atom. The maximum atomic E-state index is 12.8. The largest absolute Gasteiger partial charge is 0.313 e. The Morgan fingerprint density at radius 2 is 1.97 bits per heavy atom. The number of anilines is 1. The van der Waals surface area contributed by atoms with Crippen molar-refractivity contribution in [1.29, 1.82) is 0 Å². The molecule has 3 aromatic heterocycles. The molecule has 1 fully saturated rings. The van der Waals surface area contributed by atoms with Crippen molar-refractivity contribution in [2.24, 2.45) is 0 Å². The predicted octanol–water partition coefficient (Wildman–Crippen LogP) is 4.41. The molecule has 1 aliphatic heterocycles.